The maximum atomic E-state index is 12.9. The number of hydrogen-bond acceptors (Lipinski definition) is 5. The first-order chi connectivity index (χ1) is 15.1. The molecule has 1 unspecified atom stereocenters. The van der Waals surface area contributed by atoms with Crippen LogP contribution in [0.25, 0.3) is 10.1 Å². The third-order valence-corrected chi connectivity index (χ3v) is 6.81. The van der Waals surface area contributed by atoms with Crippen LogP contribution < -0.4 is 15.0 Å². The molecule has 164 valence electrons. The fraction of sp³-hybridized carbons (Fsp3) is 0.440. The molecule has 3 heterocycles. The van der Waals surface area contributed by atoms with Gasteiger partial charge in [-0.1, -0.05) is 25.5 Å². The van der Waals surface area contributed by atoms with E-state index in [0.29, 0.717) is 6.54 Å². The van der Waals surface area contributed by atoms with Gasteiger partial charge >= 0.3 is 0 Å². The SMILES string of the molecule is CCCCOc1ccc(CNC(=O)C2CCCN(c3nccc4sc(C)cc34)C2)cc1. The van der Waals surface area contributed by atoms with Gasteiger partial charge in [0.25, 0.3) is 0 Å². The van der Waals surface area contributed by atoms with Crippen LogP contribution in [0.5, 0.6) is 5.75 Å². The van der Waals surface area contributed by atoms with Gasteiger partial charge in [-0.15, -0.1) is 11.3 Å². The average Bonchev–Trinajstić information content (AvgIpc) is 3.19. The molecule has 1 atom stereocenters. The maximum absolute atomic E-state index is 12.9. The number of anilines is 1. The first-order valence-corrected chi connectivity index (χ1v) is 12.0. The number of nitrogens with one attached hydrogen (secondary N) is 1. The van der Waals surface area contributed by atoms with Crippen LogP contribution in [0.1, 0.15) is 43.0 Å². The standard InChI is InChI=1S/C25H31N3O2S/c1-3-4-14-30-21-9-7-19(8-10-21)16-27-25(29)20-6-5-13-28(17-20)24-22-15-18(2)31-23(22)11-12-26-24/h7-12,15,20H,3-6,13-14,16-17H2,1-2H3,(H,27,29). The number of carbonyl (C=O) groups excluding carboxylic acids is 1. The number of unbranched alkanes of at least 4 members (excludes halogenated alkanes) is 1. The third-order valence-electron chi connectivity index (χ3n) is 5.80. The van der Waals surface area contributed by atoms with Gasteiger partial charge in [-0.2, -0.15) is 0 Å². The Morgan fingerprint density at radius 2 is 2.13 bits per heavy atom. The van der Waals surface area contributed by atoms with Gasteiger partial charge in [-0.25, -0.2) is 4.98 Å². The molecule has 31 heavy (non-hydrogen) atoms. The van der Waals surface area contributed by atoms with Gasteiger partial charge in [0.2, 0.25) is 5.91 Å². The van der Waals surface area contributed by atoms with E-state index in [1.165, 1.54) is 15.0 Å². The lowest BCUT2D eigenvalue weighted by Crippen LogP contribution is -2.43. The number of aryl methyl sites for hydroxylation is 1. The van der Waals surface area contributed by atoms with E-state index in [-0.39, 0.29) is 11.8 Å². The van der Waals surface area contributed by atoms with Gasteiger partial charge in [-0.3, -0.25) is 4.79 Å². The predicted octanol–water partition coefficient (Wildman–Crippen LogP) is 5.32. The van der Waals surface area contributed by atoms with Crippen molar-refractivity contribution in [2.24, 2.45) is 5.92 Å². The molecule has 0 radical (unpaired) electrons. The number of ether oxygens (including phenoxy) is 1. The largest absolute Gasteiger partial charge is 0.494 e. The molecule has 0 spiro atoms. The molecular weight excluding hydrogens is 406 g/mol. The fourth-order valence-electron chi connectivity index (χ4n) is 4.08. The summed E-state index contributed by atoms with van der Waals surface area (Å²) < 4.78 is 6.97. The van der Waals surface area contributed by atoms with Crippen LogP contribution in [-0.2, 0) is 11.3 Å². The zero-order chi connectivity index (χ0) is 21.6. The summed E-state index contributed by atoms with van der Waals surface area (Å²) in [4.78, 5) is 21.1. The molecule has 1 aromatic carbocycles. The Morgan fingerprint density at radius 3 is 2.94 bits per heavy atom. The molecule has 2 aromatic heterocycles. The first-order valence-electron chi connectivity index (χ1n) is 11.2. The van der Waals surface area contributed by atoms with Crippen molar-refractivity contribution in [1.29, 1.82) is 0 Å². The van der Waals surface area contributed by atoms with Crippen LogP contribution >= 0.6 is 11.3 Å². The number of amides is 1. The molecule has 4 rings (SSSR count). The highest BCUT2D eigenvalue weighted by molar-refractivity contribution is 7.19. The number of rotatable bonds is 8. The lowest BCUT2D eigenvalue weighted by molar-refractivity contribution is -0.125. The van der Waals surface area contributed by atoms with Gasteiger partial charge < -0.3 is 15.0 Å². The van der Waals surface area contributed by atoms with Gasteiger partial charge in [0.05, 0.1) is 12.5 Å². The minimum atomic E-state index is -0.0119. The number of benzene rings is 1. The topological polar surface area (TPSA) is 54.5 Å². The summed E-state index contributed by atoms with van der Waals surface area (Å²) in [6.07, 6.45) is 5.99. The van der Waals surface area contributed by atoms with Crippen LogP contribution in [-0.4, -0.2) is 30.6 Å². The van der Waals surface area contributed by atoms with E-state index in [1.54, 1.807) is 11.3 Å². The van der Waals surface area contributed by atoms with E-state index in [2.05, 4.69) is 41.2 Å². The Labute approximate surface area is 188 Å². The number of pyridine rings is 1. The second-order valence-corrected chi connectivity index (χ2v) is 9.54. The Bertz CT molecular complexity index is 1020. The number of piperidine rings is 1. The minimum absolute atomic E-state index is 0.0119. The summed E-state index contributed by atoms with van der Waals surface area (Å²) >= 11 is 1.79. The van der Waals surface area contributed by atoms with E-state index in [9.17, 15) is 4.79 Å². The van der Waals surface area contributed by atoms with E-state index in [1.807, 2.05) is 30.5 Å². The number of aromatic nitrogens is 1. The molecule has 1 aliphatic rings. The van der Waals surface area contributed by atoms with Crippen LogP contribution in [0.2, 0.25) is 0 Å². The van der Waals surface area contributed by atoms with E-state index in [4.69, 9.17) is 4.74 Å². The maximum Gasteiger partial charge on any atom is 0.225 e. The second kappa shape index (κ2) is 10.1. The van der Waals surface area contributed by atoms with E-state index >= 15 is 0 Å². The molecule has 5 nitrogen and oxygen atoms in total. The normalized spacial score (nSPS) is 16.5. The average molecular weight is 438 g/mol. The smallest absolute Gasteiger partial charge is 0.225 e. The predicted molar refractivity (Wildman–Crippen MR) is 128 cm³/mol. The molecular formula is C25H31N3O2S. The number of nitrogens with zero attached hydrogens (tertiary/aromatic N) is 2. The van der Waals surface area contributed by atoms with E-state index < -0.39 is 0 Å². The van der Waals surface area contributed by atoms with Crippen LogP contribution in [0.3, 0.4) is 0 Å². The van der Waals surface area contributed by atoms with Crippen molar-refractivity contribution in [1.82, 2.24) is 10.3 Å². The van der Waals surface area contributed by atoms with Gasteiger partial charge in [0, 0.05) is 40.8 Å². The molecule has 1 fully saturated rings. The van der Waals surface area contributed by atoms with Crippen molar-refractivity contribution in [3.63, 3.8) is 0 Å². The molecule has 6 heteroatoms. The van der Waals surface area contributed by atoms with Gasteiger partial charge in [0.15, 0.2) is 0 Å². The molecule has 3 aromatic rings. The van der Waals surface area contributed by atoms with Crippen molar-refractivity contribution in [2.45, 2.75) is 46.1 Å². The van der Waals surface area contributed by atoms with Crippen LogP contribution in [0.15, 0.2) is 42.6 Å². The van der Waals surface area contributed by atoms with Crippen molar-refractivity contribution in [2.75, 3.05) is 24.6 Å². The number of thiophene rings is 1. The van der Waals surface area contributed by atoms with Gasteiger partial charge in [-0.05, 0) is 56.0 Å². The van der Waals surface area contributed by atoms with Crippen molar-refractivity contribution in [3.05, 3.63) is 53.0 Å². The Morgan fingerprint density at radius 1 is 1.29 bits per heavy atom. The van der Waals surface area contributed by atoms with Crippen LogP contribution in [0, 0.1) is 12.8 Å². The Kier molecular flexibility index (Phi) is 7.07. The monoisotopic (exact) mass is 437 g/mol. The molecule has 0 saturated carbocycles. The zero-order valence-corrected chi connectivity index (χ0v) is 19.2. The van der Waals surface area contributed by atoms with Crippen molar-refractivity contribution >= 4 is 33.1 Å². The number of fused-ring (bicyclic) bond motifs is 1. The summed E-state index contributed by atoms with van der Waals surface area (Å²) in [6, 6.07) is 12.3. The number of hydrogen-bond donors (Lipinski definition) is 1. The quantitative estimate of drug-likeness (QED) is 0.485. The molecule has 1 saturated heterocycles. The zero-order valence-electron chi connectivity index (χ0n) is 18.4. The Hall–Kier alpha value is -2.60. The van der Waals surface area contributed by atoms with Crippen LogP contribution in [0.4, 0.5) is 5.82 Å². The second-order valence-electron chi connectivity index (χ2n) is 8.25. The molecule has 0 aliphatic carbocycles. The molecule has 1 N–H and O–H groups in total. The van der Waals surface area contributed by atoms with Gasteiger partial charge in [0.1, 0.15) is 11.6 Å². The van der Waals surface area contributed by atoms with Crippen molar-refractivity contribution in [3.8, 4) is 5.75 Å². The lowest BCUT2D eigenvalue weighted by Gasteiger charge is -2.33. The Balaban J connectivity index is 1.33. The highest BCUT2D eigenvalue weighted by Gasteiger charge is 2.27. The van der Waals surface area contributed by atoms with E-state index in [0.717, 1.165) is 62.5 Å². The fourth-order valence-corrected chi connectivity index (χ4v) is 5.00. The van der Waals surface area contributed by atoms with Crippen molar-refractivity contribution < 1.29 is 9.53 Å². The summed E-state index contributed by atoms with van der Waals surface area (Å²) in [7, 11) is 0. The lowest BCUT2D eigenvalue weighted by atomic mass is 9.96. The highest BCUT2D eigenvalue weighted by Crippen LogP contribution is 2.33. The first kappa shape index (κ1) is 21.6. The molecule has 0 bridgehead atoms. The summed E-state index contributed by atoms with van der Waals surface area (Å²) in [5.74, 6) is 2.01. The molecule has 1 amide bonds. The summed E-state index contributed by atoms with van der Waals surface area (Å²) in [5.41, 5.74) is 1.09. The minimum Gasteiger partial charge on any atom is -0.494 e. The number of carbonyl (C=O) groups is 1. The highest BCUT2D eigenvalue weighted by atomic mass is 32.1. The summed E-state index contributed by atoms with van der Waals surface area (Å²) in [5, 5.41) is 4.33. The third kappa shape index (κ3) is 5.37. The molecule has 1 aliphatic heterocycles. The summed E-state index contributed by atoms with van der Waals surface area (Å²) in [6.45, 7) is 7.24.